The Balaban J connectivity index is 1.79. The first-order valence-corrected chi connectivity index (χ1v) is 6.43. The lowest BCUT2D eigenvalue weighted by Crippen LogP contribution is -2.25. The van der Waals surface area contributed by atoms with Crippen molar-refractivity contribution < 1.29 is 4.79 Å². The maximum Gasteiger partial charge on any atom is 0.254 e. The Morgan fingerprint density at radius 2 is 1.58 bits per heavy atom. The lowest BCUT2D eigenvalue weighted by molar-refractivity contribution is 0.0751. The average Bonchev–Trinajstić information content (AvgIpc) is 2.90. The van der Waals surface area contributed by atoms with Gasteiger partial charge in [-0.2, -0.15) is 0 Å². The van der Waals surface area contributed by atoms with Crippen molar-refractivity contribution in [3.8, 4) is 0 Å². The van der Waals surface area contributed by atoms with E-state index in [1.165, 1.54) is 11.1 Å². The first-order valence-electron chi connectivity index (χ1n) is 6.43. The Morgan fingerprint density at radius 1 is 1.00 bits per heavy atom. The van der Waals surface area contributed by atoms with E-state index in [1.54, 1.807) is 0 Å². The molecule has 2 aromatic carbocycles. The molecule has 0 bridgehead atoms. The molecule has 0 fully saturated rings. The van der Waals surface area contributed by atoms with Crippen LogP contribution in [0.2, 0.25) is 0 Å². The molecule has 1 amide bonds. The number of carbonyl (C=O) groups is 1. The van der Waals surface area contributed by atoms with Gasteiger partial charge in [-0.3, -0.25) is 4.79 Å². The standard InChI is InChI=1S/C16H16N2O/c17-9-12-5-7-13(8-6-12)16(19)18-10-14-3-1-2-4-15(14)11-18/h1-8H,9-11,17H2. The third kappa shape index (κ3) is 2.25. The zero-order chi connectivity index (χ0) is 13.2. The van der Waals surface area contributed by atoms with E-state index in [1.807, 2.05) is 41.3 Å². The summed E-state index contributed by atoms with van der Waals surface area (Å²) in [6.45, 7) is 1.91. The SMILES string of the molecule is NCc1ccc(C(=O)N2Cc3ccccc3C2)cc1. The van der Waals surface area contributed by atoms with Crippen LogP contribution < -0.4 is 5.73 Å². The molecule has 3 rings (SSSR count). The minimum absolute atomic E-state index is 0.0831. The molecule has 1 aliphatic heterocycles. The van der Waals surface area contributed by atoms with Gasteiger partial charge in [-0.1, -0.05) is 36.4 Å². The zero-order valence-corrected chi connectivity index (χ0v) is 10.7. The number of nitrogens with two attached hydrogens (primary N) is 1. The van der Waals surface area contributed by atoms with Crippen LogP contribution in [-0.2, 0) is 19.6 Å². The molecule has 96 valence electrons. The zero-order valence-electron chi connectivity index (χ0n) is 10.7. The Morgan fingerprint density at radius 3 is 2.11 bits per heavy atom. The maximum atomic E-state index is 12.4. The summed E-state index contributed by atoms with van der Waals surface area (Å²) in [5, 5.41) is 0. The molecule has 19 heavy (non-hydrogen) atoms. The number of hydrogen-bond acceptors (Lipinski definition) is 2. The van der Waals surface area contributed by atoms with Crippen molar-refractivity contribution in [2.75, 3.05) is 0 Å². The van der Waals surface area contributed by atoms with Gasteiger partial charge >= 0.3 is 0 Å². The molecule has 0 saturated carbocycles. The highest BCUT2D eigenvalue weighted by Crippen LogP contribution is 2.23. The van der Waals surface area contributed by atoms with Crippen LogP contribution in [0.15, 0.2) is 48.5 Å². The third-order valence-electron chi connectivity index (χ3n) is 3.56. The van der Waals surface area contributed by atoms with Gasteiger partial charge in [-0.05, 0) is 28.8 Å². The summed E-state index contributed by atoms with van der Waals surface area (Å²) in [7, 11) is 0. The van der Waals surface area contributed by atoms with E-state index in [0.717, 1.165) is 11.1 Å². The summed E-state index contributed by atoms with van der Waals surface area (Å²) in [6, 6.07) is 15.7. The number of benzene rings is 2. The fraction of sp³-hybridized carbons (Fsp3) is 0.188. The first kappa shape index (κ1) is 11.9. The van der Waals surface area contributed by atoms with Crippen LogP contribution in [0.25, 0.3) is 0 Å². The van der Waals surface area contributed by atoms with Gasteiger partial charge in [0.2, 0.25) is 0 Å². The average molecular weight is 252 g/mol. The minimum Gasteiger partial charge on any atom is -0.330 e. The minimum atomic E-state index is 0.0831. The molecule has 0 saturated heterocycles. The summed E-state index contributed by atoms with van der Waals surface area (Å²) in [4.78, 5) is 14.3. The second kappa shape index (κ2) is 4.86. The molecular weight excluding hydrogens is 236 g/mol. The van der Waals surface area contributed by atoms with Gasteiger partial charge in [0.1, 0.15) is 0 Å². The highest BCUT2D eigenvalue weighted by molar-refractivity contribution is 5.94. The lowest BCUT2D eigenvalue weighted by atomic mass is 10.1. The van der Waals surface area contributed by atoms with E-state index in [9.17, 15) is 4.79 Å². The number of carbonyl (C=O) groups excluding carboxylic acids is 1. The normalized spacial score (nSPS) is 13.4. The molecule has 2 aromatic rings. The summed E-state index contributed by atoms with van der Waals surface area (Å²) in [6.07, 6.45) is 0. The van der Waals surface area contributed by atoms with Gasteiger partial charge in [0.15, 0.2) is 0 Å². The summed E-state index contributed by atoms with van der Waals surface area (Å²) < 4.78 is 0. The van der Waals surface area contributed by atoms with E-state index in [2.05, 4.69) is 12.1 Å². The van der Waals surface area contributed by atoms with Crippen molar-refractivity contribution in [2.24, 2.45) is 5.73 Å². The number of amides is 1. The van der Waals surface area contributed by atoms with Gasteiger partial charge in [0.25, 0.3) is 5.91 Å². The molecule has 0 aliphatic carbocycles. The van der Waals surface area contributed by atoms with Gasteiger partial charge in [0, 0.05) is 25.2 Å². The molecule has 3 heteroatoms. The van der Waals surface area contributed by atoms with Crippen LogP contribution >= 0.6 is 0 Å². The van der Waals surface area contributed by atoms with E-state index >= 15 is 0 Å². The second-order valence-electron chi connectivity index (χ2n) is 4.83. The van der Waals surface area contributed by atoms with Crippen molar-refractivity contribution in [3.63, 3.8) is 0 Å². The van der Waals surface area contributed by atoms with Crippen LogP contribution in [0, 0.1) is 0 Å². The molecule has 3 nitrogen and oxygen atoms in total. The highest BCUT2D eigenvalue weighted by Gasteiger charge is 2.23. The fourth-order valence-electron chi connectivity index (χ4n) is 2.44. The Kier molecular flexibility index (Phi) is 3.05. The van der Waals surface area contributed by atoms with Crippen molar-refractivity contribution in [1.82, 2.24) is 4.90 Å². The largest absolute Gasteiger partial charge is 0.330 e. The molecule has 2 N–H and O–H groups in total. The van der Waals surface area contributed by atoms with Gasteiger partial charge < -0.3 is 10.6 Å². The van der Waals surface area contributed by atoms with Gasteiger partial charge in [0.05, 0.1) is 0 Å². The predicted octanol–water partition coefficient (Wildman–Crippen LogP) is 2.30. The molecular formula is C16H16N2O. The van der Waals surface area contributed by atoms with E-state index in [0.29, 0.717) is 19.6 Å². The van der Waals surface area contributed by atoms with Crippen molar-refractivity contribution in [3.05, 3.63) is 70.8 Å². The van der Waals surface area contributed by atoms with Crippen LogP contribution in [-0.4, -0.2) is 10.8 Å². The highest BCUT2D eigenvalue weighted by atomic mass is 16.2. The molecule has 0 aromatic heterocycles. The topological polar surface area (TPSA) is 46.3 Å². The second-order valence-corrected chi connectivity index (χ2v) is 4.83. The van der Waals surface area contributed by atoms with E-state index < -0.39 is 0 Å². The number of hydrogen-bond donors (Lipinski definition) is 1. The summed E-state index contributed by atoms with van der Waals surface area (Å²) >= 11 is 0. The Hall–Kier alpha value is -2.13. The smallest absolute Gasteiger partial charge is 0.254 e. The molecule has 0 radical (unpaired) electrons. The van der Waals surface area contributed by atoms with Crippen LogP contribution in [0.5, 0.6) is 0 Å². The van der Waals surface area contributed by atoms with Crippen molar-refractivity contribution in [2.45, 2.75) is 19.6 Å². The quantitative estimate of drug-likeness (QED) is 0.891. The summed E-state index contributed by atoms with van der Waals surface area (Å²) in [5.74, 6) is 0.0831. The fourth-order valence-corrected chi connectivity index (χ4v) is 2.44. The number of nitrogens with zero attached hydrogens (tertiary/aromatic N) is 1. The summed E-state index contributed by atoms with van der Waals surface area (Å²) in [5.41, 5.74) is 9.82. The Bertz CT molecular complexity index is 579. The molecule has 1 heterocycles. The number of rotatable bonds is 2. The molecule has 0 atom stereocenters. The molecule has 0 spiro atoms. The van der Waals surface area contributed by atoms with Crippen molar-refractivity contribution >= 4 is 5.91 Å². The predicted molar refractivity (Wildman–Crippen MR) is 74.4 cm³/mol. The first-order chi connectivity index (χ1) is 9.28. The number of fused-ring (bicyclic) bond motifs is 1. The van der Waals surface area contributed by atoms with E-state index in [4.69, 9.17) is 5.73 Å². The van der Waals surface area contributed by atoms with Crippen LogP contribution in [0.3, 0.4) is 0 Å². The Labute approximate surface area is 112 Å². The monoisotopic (exact) mass is 252 g/mol. The van der Waals surface area contributed by atoms with E-state index in [-0.39, 0.29) is 5.91 Å². The molecule has 0 unspecified atom stereocenters. The van der Waals surface area contributed by atoms with Gasteiger partial charge in [-0.25, -0.2) is 0 Å². The van der Waals surface area contributed by atoms with Crippen LogP contribution in [0.1, 0.15) is 27.0 Å². The van der Waals surface area contributed by atoms with Crippen molar-refractivity contribution in [1.29, 1.82) is 0 Å². The molecule has 1 aliphatic rings. The lowest BCUT2D eigenvalue weighted by Gasteiger charge is -2.15. The van der Waals surface area contributed by atoms with Crippen LogP contribution in [0.4, 0.5) is 0 Å². The van der Waals surface area contributed by atoms with Gasteiger partial charge in [-0.15, -0.1) is 0 Å². The third-order valence-corrected chi connectivity index (χ3v) is 3.56. The maximum absolute atomic E-state index is 12.4.